The predicted molar refractivity (Wildman–Crippen MR) is 423 cm³/mol. The van der Waals surface area contributed by atoms with Gasteiger partial charge in [-0.15, -0.1) is 0 Å². The van der Waals surface area contributed by atoms with Gasteiger partial charge in [-0.25, -0.2) is 9.13 Å². The van der Waals surface area contributed by atoms with Gasteiger partial charge in [-0.2, -0.15) is 0 Å². The van der Waals surface area contributed by atoms with Crippen LogP contribution >= 0.6 is 15.6 Å². The van der Waals surface area contributed by atoms with Crippen molar-refractivity contribution in [3.8, 4) is 0 Å². The number of rotatable bonds is 83. The molecule has 0 aliphatic heterocycles. The van der Waals surface area contributed by atoms with Crippen LogP contribution in [-0.2, 0) is 65.4 Å². The Balaban J connectivity index is 5.25. The first kappa shape index (κ1) is 101. The summed E-state index contributed by atoms with van der Waals surface area (Å²) in [6.07, 6.45) is 66.6. The zero-order chi connectivity index (χ0) is 75.6. The van der Waals surface area contributed by atoms with Crippen molar-refractivity contribution >= 4 is 39.5 Å². The molecule has 0 heterocycles. The Morgan fingerprint density at radius 2 is 0.447 bits per heavy atom. The molecule has 2 unspecified atom stereocenters. The monoisotopic (exact) mass is 1510 g/mol. The summed E-state index contributed by atoms with van der Waals surface area (Å²) in [5.41, 5.74) is 0. The number of carbonyl (C=O) groups is 4. The van der Waals surface area contributed by atoms with Crippen LogP contribution in [0.3, 0.4) is 0 Å². The second kappa shape index (κ2) is 75.5. The zero-order valence-electron chi connectivity index (χ0n) is 67.6. The van der Waals surface area contributed by atoms with Crippen LogP contribution in [0.4, 0.5) is 0 Å². The Labute approximate surface area is 632 Å². The van der Waals surface area contributed by atoms with Crippen LogP contribution in [0.5, 0.6) is 0 Å². The number of unbranched alkanes of at least 4 members (excludes halogenated alkanes) is 53. The van der Waals surface area contributed by atoms with Gasteiger partial charge in [0, 0.05) is 25.7 Å². The van der Waals surface area contributed by atoms with E-state index in [4.69, 9.17) is 37.0 Å². The fourth-order valence-electron chi connectivity index (χ4n) is 13.1. The topological polar surface area (TPSA) is 237 Å². The molecule has 0 saturated carbocycles. The minimum atomic E-state index is -4.96. The van der Waals surface area contributed by atoms with Gasteiger partial charge in [-0.05, 0) is 37.5 Å². The molecule has 5 atom stereocenters. The third kappa shape index (κ3) is 78.0. The van der Waals surface area contributed by atoms with Gasteiger partial charge in [0.05, 0.1) is 26.4 Å². The molecule has 0 bridgehead atoms. The van der Waals surface area contributed by atoms with Gasteiger partial charge < -0.3 is 33.8 Å². The first-order chi connectivity index (χ1) is 49.9. The van der Waals surface area contributed by atoms with E-state index in [1.807, 2.05) is 0 Å². The number of aliphatic hydroxyl groups excluding tert-OH is 1. The molecule has 19 heteroatoms. The molecule has 3 N–H and O–H groups in total. The van der Waals surface area contributed by atoms with E-state index >= 15 is 0 Å². The lowest BCUT2D eigenvalue weighted by molar-refractivity contribution is -0.161. The highest BCUT2D eigenvalue weighted by Crippen LogP contribution is 2.45. The van der Waals surface area contributed by atoms with Crippen LogP contribution in [0.2, 0.25) is 0 Å². The standard InChI is InChI=1S/C84H164O17P2/c1-7-9-11-13-15-17-19-21-23-24-25-26-27-28-34-38-44-51-57-63-69-84(89)100-79(72-94-81(86)66-60-54-48-42-36-33-30-29-31-35-40-46-52-58-64-76(3)4)74-98-102(90,91)96-70-78(85)71-97-103(92,93)99-75-80(73-95-82(87)67-61-55-49-45-39-41-47-53-59-65-77(5)6)101-83(88)68-62-56-50-43-37-32-22-20-18-16-14-12-10-8-2/h76-80,85H,7-75H2,1-6H3,(H,90,91)(H,92,93)/t78-,79-,80-/m1/s1. The largest absolute Gasteiger partial charge is 0.472 e. The highest BCUT2D eigenvalue weighted by atomic mass is 31.2. The van der Waals surface area contributed by atoms with Crippen LogP contribution in [0.1, 0.15) is 446 Å². The molecule has 17 nitrogen and oxygen atoms in total. The third-order valence-electron chi connectivity index (χ3n) is 19.7. The van der Waals surface area contributed by atoms with E-state index in [-0.39, 0.29) is 25.7 Å². The van der Waals surface area contributed by atoms with Crippen LogP contribution < -0.4 is 0 Å². The summed E-state index contributed by atoms with van der Waals surface area (Å²) in [5, 5.41) is 10.7. The number of aliphatic hydroxyl groups is 1. The van der Waals surface area contributed by atoms with E-state index in [1.165, 1.54) is 263 Å². The summed E-state index contributed by atoms with van der Waals surface area (Å²) < 4.78 is 68.8. The first-order valence-electron chi connectivity index (χ1n) is 43.5. The summed E-state index contributed by atoms with van der Waals surface area (Å²) in [4.78, 5) is 73.2. The molecule has 0 aromatic rings. The smallest absolute Gasteiger partial charge is 0.462 e. The van der Waals surface area contributed by atoms with Crippen LogP contribution in [0, 0.1) is 11.8 Å². The van der Waals surface area contributed by atoms with Crippen LogP contribution in [0.15, 0.2) is 0 Å². The number of phosphoric acid groups is 2. The maximum absolute atomic E-state index is 13.1. The minimum absolute atomic E-state index is 0.108. The second-order valence-corrected chi connectivity index (χ2v) is 34.1. The van der Waals surface area contributed by atoms with Crippen molar-refractivity contribution in [1.82, 2.24) is 0 Å². The second-order valence-electron chi connectivity index (χ2n) is 31.2. The number of hydrogen-bond donors (Lipinski definition) is 3. The molecule has 0 aliphatic carbocycles. The Hall–Kier alpha value is -1.94. The lowest BCUT2D eigenvalue weighted by Crippen LogP contribution is -2.30. The van der Waals surface area contributed by atoms with Gasteiger partial charge in [0.1, 0.15) is 19.3 Å². The van der Waals surface area contributed by atoms with E-state index in [9.17, 15) is 43.2 Å². The van der Waals surface area contributed by atoms with E-state index in [0.29, 0.717) is 25.7 Å². The molecule has 0 amide bonds. The van der Waals surface area contributed by atoms with Gasteiger partial charge in [0.25, 0.3) is 0 Å². The van der Waals surface area contributed by atoms with Crippen molar-refractivity contribution in [2.45, 2.75) is 464 Å². The lowest BCUT2D eigenvalue weighted by Gasteiger charge is -2.21. The van der Waals surface area contributed by atoms with E-state index in [2.05, 4.69) is 41.5 Å². The predicted octanol–water partition coefficient (Wildman–Crippen LogP) is 25.5. The van der Waals surface area contributed by atoms with Gasteiger partial charge in [0.2, 0.25) is 0 Å². The molecular weight excluding hydrogens is 1340 g/mol. The molecule has 0 fully saturated rings. The fraction of sp³-hybridized carbons (Fsp3) is 0.952. The van der Waals surface area contributed by atoms with Gasteiger partial charge in [-0.1, -0.05) is 395 Å². The minimum Gasteiger partial charge on any atom is -0.462 e. The molecule has 0 aliphatic rings. The summed E-state index contributed by atoms with van der Waals surface area (Å²) in [6, 6.07) is 0. The average molecular weight is 1510 g/mol. The Morgan fingerprint density at radius 3 is 0.660 bits per heavy atom. The van der Waals surface area contributed by atoms with Crippen molar-refractivity contribution in [2.75, 3.05) is 39.6 Å². The average Bonchev–Trinajstić information content (AvgIpc) is 0.934. The number of esters is 4. The van der Waals surface area contributed by atoms with Gasteiger partial charge in [-0.3, -0.25) is 37.3 Å². The fourth-order valence-corrected chi connectivity index (χ4v) is 14.6. The molecule has 0 radical (unpaired) electrons. The van der Waals surface area contributed by atoms with E-state index in [1.54, 1.807) is 0 Å². The number of carbonyl (C=O) groups excluding carboxylic acids is 4. The molecule has 103 heavy (non-hydrogen) atoms. The Morgan fingerprint density at radius 1 is 0.262 bits per heavy atom. The molecule has 0 spiro atoms. The summed E-state index contributed by atoms with van der Waals surface area (Å²) in [7, 11) is -9.93. The third-order valence-corrected chi connectivity index (χ3v) is 21.6. The van der Waals surface area contributed by atoms with Crippen LogP contribution in [0.25, 0.3) is 0 Å². The normalized spacial score (nSPS) is 13.9. The Bertz CT molecular complexity index is 1980. The van der Waals surface area contributed by atoms with Gasteiger partial charge >= 0.3 is 39.5 Å². The van der Waals surface area contributed by atoms with E-state index in [0.717, 1.165) is 102 Å². The molecule has 0 aromatic carbocycles. The number of phosphoric ester groups is 2. The molecular formula is C84H164O17P2. The van der Waals surface area contributed by atoms with Crippen LogP contribution in [-0.4, -0.2) is 96.7 Å². The molecule has 0 rings (SSSR count). The van der Waals surface area contributed by atoms with Gasteiger partial charge in [0.15, 0.2) is 12.2 Å². The number of ether oxygens (including phenoxy) is 4. The highest BCUT2D eigenvalue weighted by molar-refractivity contribution is 7.47. The number of hydrogen-bond acceptors (Lipinski definition) is 15. The molecule has 0 aromatic heterocycles. The summed E-state index contributed by atoms with van der Waals surface area (Å²) >= 11 is 0. The maximum Gasteiger partial charge on any atom is 0.472 e. The van der Waals surface area contributed by atoms with Crippen molar-refractivity contribution in [1.29, 1.82) is 0 Å². The molecule has 612 valence electrons. The van der Waals surface area contributed by atoms with Crippen molar-refractivity contribution in [3.05, 3.63) is 0 Å². The summed E-state index contributed by atoms with van der Waals surface area (Å²) in [5.74, 6) is -0.560. The maximum atomic E-state index is 13.1. The SMILES string of the molecule is CCCCCCCCCCCCCCCCCCCCCCC(=O)O[C@H](COC(=O)CCCCCCCCCCCCCCCCC(C)C)COP(=O)(O)OC[C@@H](O)COP(=O)(O)OC[C@@H](COC(=O)CCCCCCCCCCCC(C)C)OC(=O)CCCCCCCCCCCCCCCC. The van der Waals surface area contributed by atoms with E-state index < -0.39 is 97.5 Å². The molecule has 0 saturated heterocycles. The van der Waals surface area contributed by atoms with Crippen molar-refractivity contribution in [3.63, 3.8) is 0 Å². The summed E-state index contributed by atoms with van der Waals surface area (Å²) in [6.45, 7) is 9.67. The quantitative estimate of drug-likeness (QED) is 0.0222. The first-order valence-corrected chi connectivity index (χ1v) is 46.5. The lowest BCUT2D eigenvalue weighted by atomic mass is 10.0. The Kier molecular flexibility index (Phi) is 74.1. The van der Waals surface area contributed by atoms with Crippen molar-refractivity contribution < 1.29 is 80.2 Å². The zero-order valence-corrected chi connectivity index (χ0v) is 69.4. The highest BCUT2D eigenvalue weighted by Gasteiger charge is 2.30. The van der Waals surface area contributed by atoms with Crippen molar-refractivity contribution in [2.24, 2.45) is 11.8 Å².